The first-order valence-electron chi connectivity index (χ1n) is 5.82. The third-order valence-electron chi connectivity index (χ3n) is 2.61. The van der Waals surface area contributed by atoms with Crippen LogP contribution in [0.1, 0.15) is 11.3 Å². The minimum absolute atomic E-state index is 0.180. The van der Waals surface area contributed by atoms with Gasteiger partial charge in [-0.15, -0.1) is 0 Å². The molecule has 1 atom stereocenters. The van der Waals surface area contributed by atoms with Crippen molar-refractivity contribution < 1.29 is 14.4 Å². The van der Waals surface area contributed by atoms with Gasteiger partial charge in [-0.25, -0.2) is 0 Å². The smallest absolute Gasteiger partial charge is 0.242 e. The second-order valence-corrected chi connectivity index (χ2v) is 4.29. The van der Waals surface area contributed by atoms with Gasteiger partial charge in [0.1, 0.15) is 11.5 Å². The Labute approximate surface area is 110 Å². The van der Waals surface area contributed by atoms with Crippen LogP contribution in [0, 0.1) is 6.92 Å². The number of aromatic nitrogens is 1. The molecule has 0 spiro atoms. The Balaban J connectivity index is 1.94. The molecule has 100 valence electrons. The number of phenols is 1. The number of anilines is 1. The van der Waals surface area contributed by atoms with E-state index in [1.165, 1.54) is 0 Å². The molecule has 0 bridgehead atoms. The molecular weight excluding hydrogens is 246 g/mol. The number of carbonyl (C=O) groups excluding carboxylic acids is 1. The number of aryl methyl sites for hydroxylation is 1. The van der Waals surface area contributed by atoms with Crippen molar-refractivity contribution in [2.75, 3.05) is 5.32 Å². The van der Waals surface area contributed by atoms with Crippen LogP contribution in [-0.2, 0) is 11.2 Å². The number of nitrogens with two attached hydrogens (primary N) is 1. The van der Waals surface area contributed by atoms with E-state index in [0.29, 0.717) is 18.0 Å². The normalized spacial score (nSPS) is 12.1. The second kappa shape index (κ2) is 5.53. The van der Waals surface area contributed by atoms with Gasteiger partial charge in [0.25, 0.3) is 0 Å². The van der Waals surface area contributed by atoms with Gasteiger partial charge in [0, 0.05) is 6.07 Å². The zero-order chi connectivity index (χ0) is 13.8. The maximum Gasteiger partial charge on any atom is 0.242 e. The molecule has 0 saturated carbocycles. The van der Waals surface area contributed by atoms with E-state index < -0.39 is 6.04 Å². The molecule has 2 rings (SSSR count). The lowest BCUT2D eigenvalue weighted by molar-refractivity contribution is -0.117. The quantitative estimate of drug-likeness (QED) is 0.767. The van der Waals surface area contributed by atoms with Gasteiger partial charge in [-0.3, -0.25) is 4.79 Å². The molecule has 0 radical (unpaired) electrons. The van der Waals surface area contributed by atoms with E-state index >= 15 is 0 Å². The summed E-state index contributed by atoms with van der Waals surface area (Å²) in [6.45, 7) is 1.74. The highest BCUT2D eigenvalue weighted by molar-refractivity contribution is 5.94. The van der Waals surface area contributed by atoms with Crippen LogP contribution < -0.4 is 11.1 Å². The SMILES string of the molecule is Cc1cc(NC(=O)[C@@H](N)Cc2ccc(O)cc2)no1. The summed E-state index contributed by atoms with van der Waals surface area (Å²) in [5.41, 5.74) is 6.68. The average molecular weight is 261 g/mol. The summed E-state index contributed by atoms with van der Waals surface area (Å²) in [6, 6.07) is 7.49. The minimum Gasteiger partial charge on any atom is -0.508 e. The lowest BCUT2D eigenvalue weighted by Crippen LogP contribution is -2.37. The summed E-state index contributed by atoms with van der Waals surface area (Å²) in [4.78, 5) is 11.8. The third-order valence-corrected chi connectivity index (χ3v) is 2.61. The number of nitrogens with zero attached hydrogens (tertiary/aromatic N) is 1. The number of phenolic OH excluding ortho intramolecular Hbond substituents is 1. The molecule has 0 saturated heterocycles. The van der Waals surface area contributed by atoms with E-state index in [2.05, 4.69) is 10.5 Å². The lowest BCUT2D eigenvalue weighted by Gasteiger charge is -2.10. The largest absolute Gasteiger partial charge is 0.508 e. The number of amides is 1. The van der Waals surface area contributed by atoms with Crippen LogP contribution in [0.4, 0.5) is 5.82 Å². The van der Waals surface area contributed by atoms with Gasteiger partial charge in [0.15, 0.2) is 5.82 Å². The van der Waals surface area contributed by atoms with E-state index in [9.17, 15) is 4.79 Å². The van der Waals surface area contributed by atoms with Gasteiger partial charge < -0.3 is 20.7 Å². The summed E-state index contributed by atoms with van der Waals surface area (Å²) in [7, 11) is 0. The van der Waals surface area contributed by atoms with Crippen LogP contribution >= 0.6 is 0 Å². The molecule has 1 aromatic carbocycles. The number of hydrogen-bond donors (Lipinski definition) is 3. The van der Waals surface area contributed by atoms with Crippen molar-refractivity contribution >= 4 is 11.7 Å². The molecule has 2 aromatic rings. The molecule has 4 N–H and O–H groups in total. The molecule has 1 amide bonds. The predicted octanol–water partition coefficient (Wildman–Crippen LogP) is 1.20. The fourth-order valence-electron chi connectivity index (χ4n) is 1.62. The molecular formula is C13H15N3O3. The monoisotopic (exact) mass is 261 g/mol. The van der Waals surface area contributed by atoms with Crippen molar-refractivity contribution in [2.45, 2.75) is 19.4 Å². The molecule has 1 heterocycles. The van der Waals surface area contributed by atoms with Crippen molar-refractivity contribution in [3.8, 4) is 5.75 Å². The summed E-state index contributed by atoms with van der Waals surface area (Å²) < 4.78 is 4.84. The van der Waals surface area contributed by atoms with Gasteiger partial charge in [-0.1, -0.05) is 17.3 Å². The van der Waals surface area contributed by atoms with Crippen LogP contribution in [0.15, 0.2) is 34.9 Å². The molecule has 1 aromatic heterocycles. The Kier molecular flexibility index (Phi) is 3.82. The molecule has 0 fully saturated rings. The minimum atomic E-state index is -0.693. The highest BCUT2D eigenvalue weighted by Gasteiger charge is 2.15. The molecule has 0 aliphatic rings. The van der Waals surface area contributed by atoms with Crippen molar-refractivity contribution in [3.63, 3.8) is 0 Å². The molecule has 6 heteroatoms. The number of benzene rings is 1. The number of carbonyl (C=O) groups is 1. The zero-order valence-corrected chi connectivity index (χ0v) is 10.5. The summed E-state index contributed by atoms with van der Waals surface area (Å²) in [6.07, 6.45) is 0.378. The molecule has 0 aliphatic carbocycles. The van der Waals surface area contributed by atoms with E-state index in [1.54, 1.807) is 37.3 Å². The van der Waals surface area contributed by atoms with Gasteiger partial charge in [-0.2, -0.15) is 0 Å². The van der Waals surface area contributed by atoms with Crippen molar-refractivity contribution in [1.82, 2.24) is 5.16 Å². The maximum atomic E-state index is 11.8. The van der Waals surface area contributed by atoms with Crippen LogP contribution in [-0.4, -0.2) is 22.2 Å². The van der Waals surface area contributed by atoms with Crippen molar-refractivity contribution in [3.05, 3.63) is 41.7 Å². The third kappa shape index (κ3) is 3.56. The predicted molar refractivity (Wildman–Crippen MR) is 69.7 cm³/mol. The fourth-order valence-corrected chi connectivity index (χ4v) is 1.62. The topological polar surface area (TPSA) is 101 Å². The molecule has 6 nitrogen and oxygen atoms in total. The highest BCUT2D eigenvalue weighted by Crippen LogP contribution is 2.12. The Morgan fingerprint density at radius 3 is 2.74 bits per heavy atom. The van der Waals surface area contributed by atoms with E-state index in [0.717, 1.165) is 5.56 Å². The van der Waals surface area contributed by atoms with Gasteiger partial charge in [0.05, 0.1) is 6.04 Å². The van der Waals surface area contributed by atoms with Gasteiger partial charge in [-0.05, 0) is 31.0 Å². The number of rotatable bonds is 4. The van der Waals surface area contributed by atoms with Gasteiger partial charge >= 0.3 is 0 Å². The lowest BCUT2D eigenvalue weighted by atomic mass is 10.1. The van der Waals surface area contributed by atoms with E-state index in [4.69, 9.17) is 15.4 Å². The van der Waals surface area contributed by atoms with Crippen LogP contribution in [0.25, 0.3) is 0 Å². The molecule has 0 unspecified atom stereocenters. The summed E-state index contributed by atoms with van der Waals surface area (Å²) >= 11 is 0. The van der Waals surface area contributed by atoms with Crippen molar-refractivity contribution in [2.24, 2.45) is 5.73 Å². The standard InChI is InChI=1S/C13H15N3O3/c1-8-6-12(16-19-8)15-13(18)11(14)7-9-2-4-10(17)5-3-9/h2-6,11,17H,7,14H2,1H3,(H,15,16,18)/t11-/m0/s1. The first kappa shape index (κ1) is 13.1. The zero-order valence-electron chi connectivity index (χ0n) is 10.5. The Morgan fingerprint density at radius 2 is 2.16 bits per heavy atom. The summed E-state index contributed by atoms with van der Waals surface area (Å²) in [5, 5.41) is 15.4. The first-order chi connectivity index (χ1) is 9.04. The van der Waals surface area contributed by atoms with Crippen LogP contribution in [0.2, 0.25) is 0 Å². The van der Waals surface area contributed by atoms with Crippen LogP contribution in [0.5, 0.6) is 5.75 Å². The Bertz CT molecular complexity index is 563. The molecule has 19 heavy (non-hydrogen) atoms. The Hall–Kier alpha value is -2.34. The number of hydrogen-bond acceptors (Lipinski definition) is 5. The number of nitrogens with one attached hydrogen (secondary N) is 1. The maximum absolute atomic E-state index is 11.8. The summed E-state index contributed by atoms with van der Waals surface area (Å²) in [5.74, 6) is 0.812. The van der Waals surface area contributed by atoms with Crippen LogP contribution in [0.3, 0.4) is 0 Å². The average Bonchev–Trinajstić information content (AvgIpc) is 2.77. The van der Waals surface area contributed by atoms with E-state index in [-0.39, 0.29) is 11.7 Å². The van der Waals surface area contributed by atoms with E-state index in [1.807, 2.05) is 0 Å². The van der Waals surface area contributed by atoms with Crippen molar-refractivity contribution in [1.29, 1.82) is 0 Å². The molecule has 0 aliphatic heterocycles. The highest BCUT2D eigenvalue weighted by atomic mass is 16.5. The first-order valence-corrected chi connectivity index (χ1v) is 5.82. The van der Waals surface area contributed by atoms with Gasteiger partial charge in [0.2, 0.25) is 5.91 Å². The fraction of sp³-hybridized carbons (Fsp3) is 0.231. The number of aromatic hydroxyl groups is 1. The second-order valence-electron chi connectivity index (χ2n) is 4.29. The Morgan fingerprint density at radius 1 is 1.47 bits per heavy atom.